The van der Waals surface area contributed by atoms with Crippen LogP contribution in [0.5, 0.6) is 0 Å². The summed E-state index contributed by atoms with van der Waals surface area (Å²) in [6, 6.07) is 51.9. The average molecular weight is 965 g/mol. The maximum Gasteiger partial charge on any atom is 0.412 e. The molecule has 7 aromatic carbocycles. The van der Waals surface area contributed by atoms with Gasteiger partial charge in [-0.25, -0.2) is 9.59 Å². The van der Waals surface area contributed by atoms with E-state index in [1.54, 1.807) is 82.3 Å². The van der Waals surface area contributed by atoms with E-state index in [4.69, 9.17) is 15.6 Å². The Kier molecular flexibility index (Phi) is 19.5. The van der Waals surface area contributed by atoms with Gasteiger partial charge in [0.05, 0.1) is 5.56 Å². The van der Waals surface area contributed by atoms with Gasteiger partial charge in [0.1, 0.15) is 23.0 Å². The number of ether oxygens (including phenoxy) is 1. The van der Waals surface area contributed by atoms with E-state index >= 15 is 0 Å². The fourth-order valence-corrected chi connectivity index (χ4v) is 7.45. The lowest BCUT2D eigenvalue weighted by Gasteiger charge is -2.20. The number of hydrogen-bond donors (Lipinski definition) is 3. The van der Waals surface area contributed by atoms with Crippen LogP contribution < -0.4 is 11.1 Å². The van der Waals surface area contributed by atoms with Gasteiger partial charge in [-0.1, -0.05) is 133 Å². The van der Waals surface area contributed by atoms with E-state index in [0.717, 1.165) is 44.5 Å². The maximum atomic E-state index is 13.1. The molecule has 0 aliphatic rings. The summed E-state index contributed by atoms with van der Waals surface area (Å²) >= 11 is 0. The van der Waals surface area contributed by atoms with Crippen molar-refractivity contribution < 1.29 is 43.4 Å². The number of carboxylic acids is 1. The summed E-state index contributed by atoms with van der Waals surface area (Å²) in [5, 5.41) is 11.4. The summed E-state index contributed by atoms with van der Waals surface area (Å²) in [4.78, 5) is 81.7. The van der Waals surface area contributed by atoms with Gasteiger partial charge in [-0.2, -0.15) is 0 Å². The Morgan fingerprint density at radius 2 is 0.833 bits per heavy atom. The maximum absolute atomic E-state index is 13.1. The number of hydrogen-bond acceptors (Lipinski definition) is 9. The summed E-state index contributed by atoms with van der Waals surface area (Å²) < 4.78 is 5.38. The summed E-state index contributed by atoms with van der Waals surface area (Å²) in [5.74, 6) is -0.769. The molecule has 0 unspecified atom stereocenters. The van der Waals surface area contributed by atoms with E-state index < -0.39 is 17.7 Å². The Morgan fingerprint density at radius 3 is 1.22 bits per heavy atom. The Labute approximate surface area is 421 Å². The molecule has 0 radical (unpaired) electrons. The molecule has 0 spiro atoms. The van der Waals surface area contributed by atoms with Crippen LogP contribution in [0.4, 0.5) is 16.2 Å². The Bertz CT molecular complexity index is 3010. The molecule has 0 saturated heterocycles. The first-order valence-electron chi connectivity index (χ1n) is 23.4. The monoisotopic (exact) mass is 964 g/mol. The standard InChI is InChI=1S/C28H29NO4.C23H21NO2.C10H10O3/c1-19(30)16-20-10-12-22(13-11-20)26(31)18-24-17-23(21-8-6-5-7-9-21)14-15-25(24)29-27(32)33-28(2,3)4;1-16(25)13-17-7-9-19(10-8-17)23(26)15-21-14-20(11-12-22(21)24)18-5-3-2-4-6-18;1-7(11)6-8-2-4-9(5-3-8)10(12)13/h5-15,17H,16,18H2,1-4H3,(H,29,32);2-12,14H,13,15,24H2,1H3;2-5H,6H2,1H3,(H,12,13). The SMILES string of the molecule is CC(=O)Cc1ccc(C(=O)Cc2cc(-c3ccccc3)ccc2N)cc1.CC(=O)Cc1ccc(C(=O)Cc2cc(-c3ccccc3)ccc2NC(=O)OC(C)(C)C)cc1.CC(=O)Cc1ccc(C(=O)O)cc1. The summed E-state index contributed by atoms with van der Waals surface area (Å²) in [6.45, 7) is 9.99. The van der Waals surface area contributed by atoms with Gasteiger partial charge in [-0.3, -0.25) is 29.3 Å². The van der Waals surface area contributed by atoms with Crippen LogP contribution in [0.1, 0.15) is 100 Å². The lowest BCUT2D eigenvalue weighted by atomic mass is 9.96. The number of carbonyl (C=O) groups excluding carboxylic acids is 6. The smallest absolute Gasteiger partial charge is 0.412 e. The second-order valence-electron chi connectivity index (χ2n) is 18.4. The first kappa shape index (κ1) is 54.4. The van der Waals surface area contributed by atoms with Crippen molar-refractivity contribution in [1.29, 1.82) is 0 Å². The van der Waals surface area contributed by atoms with Gasteiger partial charge in [0.2, 0.25) is 0 Å². The number of aromatic carboxylic acids is 1. The highest BCUT2D eigenvalue weighted by atomic mass is 16.6. The van der Waals surface area contributed by atoms with E-state index in [0.29, 0.717) is 47.3 Å². The molecule has 0 fully saturated rings. The van der Waals surface area contributed by atoms with Gasteiger partial charge in [0.25, 0.3) is 0 Å². The zero-order valence-corrected chi connectivity index (χ0v) is 41.5. The largest absolute Gasteiger partial charge is 0.478 e. The second-order valence-corrected chi connectivity index (χ2v) is 18.4. The highest BCUT2D eigenvalue weighted by Crippen LogP contribution is 2.28. The molecule has 0 saturated carbocycles. The number of nitrogens with two attached hydrogens (primary N) is 1. The lowest BCUT2D eigenvalue weighted by Crippen LogP contribution is -2.27. The van der Waals surface area contributed by atoms with Crippen LogP contribution in [0.25, 0.3) is 22.3 Å². The molecule has 0 bridgehead atoms. The normalized spacial score (nSPS) is 10.6. The molecule has 0 atom stereocenters. The van der Waals surface area contributed by atoms with E-state index in [9.17, 15) is 33.6 Å². The minimum absolute atomic E-state index is 0.0105. The second kappa shape index (κ2) is 25.9. The van der Waals surface area contributed by atoms with Gasteiger partial charge in [-0.15, -0.1) is 0 Å². The van der Waals surface area contributed by atoms with Crippen LogP contribution in [0, 0.1) is 0 Å². The van der Waals surface area contributed by atoms with Crippen LogP contribution in [0.15, 0.2) is 170 Å². The first-order chi connectivity index (χ1) is 34.2. The first-order valence-corrected chi connectivity index (χ1v) is 23.4. The molecule has 4 N–H and O–H groups in total. The molecular weight excluding hydrogens is 905 g/mol. The molecule has 368 valence electrons. The van der Waals surface area contributed by atoms with E-state index in [2.05, 4.69) is 5.32 Å². The molecule has 7 rings (SSSR count). The third-order valence-electron chi connectivity index (χ3n) is 10.9. The average Bonchev–Trinajstić information content (AvgIpc) is 3.33. The van der Waals surface area contributed by atoms with Gasteiger partial charge >= 0.3 is 12.1 Å². The molecule has 0 aromatic heterocycles. The summed E-state index contributed by atoms with van der Waals surface area (Å²) in [6.07, 6.45) is 0.881. The number of carbonyl (C=O) groups is 7. The number of benzene rings is 7. The van der Waals surface area contributed by atoms with Gasteiger partial charge < -0.3 is 15.6 Å². The van der Waals surface area contributed by atoms with Crippen molar-refractivity contribution in [2.45, 2.75) is 79.2 Å². The van der Waals surface area contributed by atoms with Crippen LogP contribution >= 0.6 is 0 Å². The Balaban J connectivity index is 0.000000219. The number of rotatable bonds is 16. The van der Waals surface area contributed by atoms with Crippen LogP contribution in [0.2, 0.25) is 0 Å². The number of ketones is 5. The molecule has 11 heteroatoms. The fourth-order valence-electron chi connectivity index (χ4n) is 7.45. The van der Waals surface area contributed by atoms with Crippen LogP contribution in [0.3, 0.4) is 0 Å². The van der Waals surface area contributed by atoms with Crippen molar-refractivity contribution in [3.8, 4) is 22.3 Å². The predicted octanol–water partition coefficient (Wildman–Crippen LogP) is 12.3. The van der Waals surface area contributed by atoms with Crippen molar-refractivity contribution >= 4 is 52.4 Å². The minimum atomic E-state index is -0.950. The number of anilines is 2. The molecule has 72 heavy (non-hydrogen) atoms. The predicted molar refractivity (Wildman–Crippen MR) is 284 cm³/mol. The van der Waals surface area contributed by atoms with E-state index in [-0.39, 0.29) is 47.3 Å². The fraction of sp³-hybridized carbons (Fsp3) is 0.197. The number of Topliss-reactive ketones (excluding diaryl/α,β-unsaturated/α-hetero) is 5. The molecular formula is C61H60N2O9. The van der Waals surface area contributed by atoms with Crippen molar-refractivity contribution in [3.63, 3.8) is 0 Å². The van der Waals surface area contributed by atoms with Gasteiger partial charge in [0, 0.05) is 54.6 Å². The zero-order chi connectivity index (χ0) is 52.4. The minimum Gasteiger partial charge on any atom is -0.478 e. The van der Waals surface area contributed by atoms with Gasteiger partial charge in [-0.05, 0) is 128 Å². The number of carboxylic acid groups (broad SMARTS) is 1. The summed E-state index contributed by atoms with van der Waals surface area (Å²) in [7, 11) is 0. The highest BCUT2D eigenvalue weighted by Gasteiger charge is 2.19. The quantitative estimate of drug-likeness (QED) is 0.0621. The third kappa shape index (κ3) is 17.7. The van der Waals surface area contributed by atoms with Crippen molar-refractivity contribution in [2.24, 2.45) is 0 Å². The van der Waals surface area contributed by atoms with Crippen LogP contribution in [-0.2, 0) is 51.2 Å². The highest BCUT2D eigenvalue weighted by molar-refractivity contribution is 6.00. The number of amides is 1. The molecule has 11 nitrogen and oxygen atoms in total. The lowest BCUT2D eigenvalue weighted by molar-refractivity contribution is -0.117. The molecule has 7 aromatic rings. The molecule has 1 amide bonds. The van der Waals surface area contributed by atoms with Crippen molar-refractivity contribution in [3.05, 3.63) is 214 Å². The Morgan fingerprint density at radius 1 is 0.458 bits per heavy atom. The number of nitrogen functional groups attached to an aromatic ring is 1. The summed E-state index contributed by atoms with van der Waals surface area (Å²) in [5.41, 5.74) is 16.3. The van der Waals surface area contributed by atoms with E-state index in [1.165, 1.54) is 26.0 Å². The van der Waals surface area contributed by atoms with Gasteiger partial charge in [0.15, 0.2) is 11.6 Å². The molecule has 0 heterocycles. The third-order valence-corrected chi connectivity index (χ3v) is 10.9. The van der Waals surface area contributed by atoms with E-state index in [1.807, 2.05) is 103 Å². The van der Waals surface area contributed by atoms with Crippen LogP contribution in [-0.4, -0.2) is 51.7 Å². The zero-order valence-electron chi connectivity index (χ0n) is 41.5. The number of nitrogens with one attached hydrogen (secondary N) is 1. The van der Waals surface area contributed by atoms with Crippen molar-refractivity contribution in [1.82, 2.24) is 0 Å². The van der Waals surface area contributed by atoms with Crippen molar-refractivity contribution in [2.75, 3.05) is 11.1 Å². The molecule has 0 aliphatic carbocycles. The molecule has 0 aliphatic heterocycles. The topological polar surface area (TPSA) is 187 Å². The Hall–Kier alpha value is -8.57.